The molecule has 1 aliphatic heterocycles. The lowest BCUT2D eigenvalue weighted by Crippen LogP contribution is -2.35. The Hall–Kier alpha value is -2.71. The largest absolute Gasteiger partial charge is 0.461 e. The van der Waals surface area contributed by atoms with Crippen molar-refractivity contribution in [1.29, 1.82) is 0 Å². The van der Waals surface area contributed by atoms with Crippen LogP contribution in [0.25, 0.3) is 0 Å². The van der Waals surface area contributed by atoms with Crippen molar-refractivity contribution in [2.75, 3.05) is 11.9 Å². The number of carbonyl (C=O) groups is 1. The molecule has 6 nitrogen and oxygen atoms in total. The number of ether oxygens (including phenoxy) is 2. The Labute approximate surface area is 135 Å². The first-order valence-electron chi connectivity index (χ1n) is 7.13. The number of rotatable bonds is 2. The van der Waals surface area contributed by atoms with Crippen LogP contribution in [0.4, 0.5) is 23.7 Å². The fourth-order valence-corrected chi connectivity index (χ4v) is 2.32. The first-order chi connectivity index (χ1) is 11.3. The van der Waals surface area contributed by atoms with Crippen molar-refractivity contribution >= 4 is 11.8 Å². The van der Waals surface area contributed by atoms with Crippen molar-refractivity contribution in [2.45, 2.75) is 25.7 Å². The van der Waals surface area contributed by atoms with Gasteiger partial charge in [0.05, 0.1) is 17.8 Å². The molecular weight excluding hydrogens is 327 g/mol. The van der Waals surface area contributed by atoms with Crippen LogP contribution in [0.5, 0.6) is 6.01 Å². The summed E-state index contributed by atoms with van der Waals surface area (Å²) in [6, 6.07) is 4.58. The molecule has 1 amide bonds. The third-order valence-corrected chi connectivity index (χ3v) is 3.39. The molecule has 1 aromatic heterocycles. The van der Waals surface area contributed by atoms with Gasteiger partial charge in [0, 0.05) is 11.9 Å². The molecule has 3 rings (SSSR count). The number of alkyl halides is 3. The molecule has 0 saturated carbocycles. The summed E-state index contributed by atoms with van der Waals surface area (Å²) in [6.45, 7) is 2.38. The molecule has 1 unspecified atom stereocenters. The van der Waals surface area contributed by atoms with Gasteiger partial charge in [0.1, 0.15) is 6.61 Å². The number of amides is 1. The third-order valence-electron chi connectivity index (χ3n) is 3.39. The number of nitrogens with zero attached hydrogens (tertiary/aromatic N) is 2. The highest BCUT2D eigenvalue weighted by Crippen LogP contribution is 2.29. The molecule has 1 N–H and O–H groups in total. The maximum atomic E-state index is 12.5. The normalized spacial score (nSPS) is 16.9. The van der Waals surface area contributed by atoms with E-state index in [0.29, 0.717) is 12.6 Å². The summed E-state index contributed by atoms with van der Waals surface area (Å²) in [5.41, 5.74) is 0.217. The number of hydrogen-bond donors (Lipinski definition) is 1. The Morgan fingerprint density at radius 1 is 1.38 bits per heavy atom. The quantitative estimate of drug-likeness (QED) is 0.911. The molecule has 1 atom stereocenters. The van der Waals surface area contributed by atoms with Gasteiger partial charge in [-0.3, -0.25) is 9.88 Å². The monoisotopic (exact) mass is 341 g/mol. The topological polar surface area (TPSA) is 65.4 Å². The minimum Gasteiger partial charge on any atom is -0.461 e. The molecule has 1 aromatic carbocycles. The number of fused-ring (bicyclic) bond motifs is 1. The van der Waals surface area contributed by atoms with Gasteiger partial charge in [0.2, 0.25) is 0 Å². The Morgan fingerprint density at radius 3 is 2.75 bits per heavy atom. The van der Waals surface area contributed by atoms with Gasteiger partial charge >= 0.3 is 12.3 Å². The molecule has 9 heteroatoms. The first kappa shape index (κ1) is 16.2. The van der Waals surface area contributed by atoms with E-state index >= 15 is 0 Å². The van der Waals surface area contributed by atoms with Crippen LogP contribution in [0.15, 0.2) is 30.5 Å². The number of imidazole rings is 1. The molecule has 0 radical (unpaired) electrons. The fraction of sp³-hybridized carbons (Fsp3) is 0.333. The second kappa shape index (κ2) is 6.06. The van der Waals surface area contributed by atoms with E-state index in [1.54, 1.807) is 10.8 Å². The van der Waals surface area contributed by atoms with Gasteiger partial charge in [0.15, 0.2) is 6.10 Å². The Kier molecular flexibility index (Phi) is 4.08. The lowest BCUT2D eigenvalue weighted by molar-refractivity contribution is -0.137. The van der Waals surface area contributed by atoms with Gasteiger partial charge < -0.3 is 9.47 Å². The summed E-state index contributed by atoms with van der Waals surface area (Å²) in [6.07, 6.45) is -3.92. The number of aromatic nitrogens is 2. The van der Waals surface area contributed by atoms with Gasteiger partial charge in [0.25, 0.3) is 6.01 Å². The van der Waals surface area contributed by atoms with Gasteiger partial charge in [-0.25, -0.2) is 9.78 Å². The number of carbonyl (C=O) groups excluding carboxylic acids is 1. The number of anilines is 1. The van der Waals surface area contributed by atoms with Crippen molar-refractivity contribution in [3.63, 3.8) is 0 Å². The van der Waals surface area contributed by atoms with E-state index in [9.17, 15) is 18.0 Å². The van der Waals surface area contributed by atoms with Gasteiger partial charge in [-0.2, -0.15) is 13.2 Å². The average molecular weight is 341 g/mol. The summed E-state index contributed by atoms with van der Waals surface area (Å²) < 4.78 is 49.8. The van der Waals surface area contributed by atoms with Crippen molar-refractivity contribution < 1.29 is 27.4 Å². The lowest BCUT2D eigenvalue weighted by Gasteiger charge is -2.24. The molecule has 0 bridgehead atoms. The highest BCUT2D eigenvalue weighted by molar-refractivity contribution is 5.84. The highest BCUT2D eigenvalue weighted by atomic mass is 19.4. The molecule has 24 heavy (non-hydrogen) atoms. The molecule has 2 heterocycles. The van der Waals surface area contributed by atoms with Crippen LogP contribution in [0.2, 0.25) is 0 Å². The minimum atomic E-state index is -4.42. The molecular formula is C15H14F3N3O3. The smallest absolute Gasteiger partial charge is 0.416 e. The Morgan fingerprint density at radius 2 is 2.08 bits per heavy atom. The van der Waals surface area contributed by atoms with Crippen LogP contribution < -0.4 is 10.1 Å². The first-order valence-corrected chi connectivity index (χ1v) is 7.13. The van der Waals surface area contributed by atoms with Gasteiger partial charge in [-0.05, 0) is 31.2 Å². The van der Waals surface area contributed by atoms with Crippen LogP contribution in [0.1, 0.15) is 11.3 Å². The van der Waals surface area contributed by atoms with Crippen molar-refractivity contribution in [3.05, 3.63) is 41.7 Å². The Bertz CT molecular complexity index is 741. The number of halogens is 3. The van der Waals surface area contributed by atoms with Crippen LogP contribution in [-0.4, -0.2) is 28.4 Å². The number of hydrogen-bond acceptors (Lipinski definition) is 4. The zero-order valence-corrected chi connectivity index (χ0v) is 12.6. The summed E-state index contributed by atoms with van der Waals surface area (Å²) in [4.78, 5) is 16.0. The lowest BCUT2D eigenvalue weighted by atomic mass is 10.2. The molecule has 0 aliphatic carbocycles. The van der Waals surface area contributed by atoms with Crippen LogP contribution in [0, 0.1) is 6.92 Å². The maximum Gasteiger partial charge on any atom is 0.416 e. The average Bonchev–Trinajstić information content (AvgIpc) is 2.86. The summed E-state index contributed by atoms with van der Waals surface area (Å²) in [7, 11) is 0. The standard InChI is InChI=1S/C15H14F3N3O3/c1-9-6-21-7-12(8-23-13(21)19-9)24-14(22)20-11-4-2-10(3-5-11)15(16,17)18/h2-6,12H,7-8H2,1H3,(H,20,22). The van der Waals surface area contributed by atoms with E-state index in [-0.39, 0.29) is 12.3 Å². The zero-order valence-electron chi connectivity index (χ0n) is 12.6. The van der Waals surface area contributed by atoms with Gasteiger partial charge in [-0.1, -0.05) is 0 Å². The molecule has 0 fully saturated rings. The van der Waals surface area contributed by atoms with E-state index in [1.807, 2.05) is 6.92 Å². The third kappa shape index (κ3) is 3.61. The van der Waals surface area contributed by atoms with E-state index in [1.165, 1.54) is 12.1 Å². The van der Waals surface area contributed by atoms with Crippen LogP contribution in [-0.2, 0) is 17.5 Å². The van der Waals surface area contributed by atoms with Gasteiger partial charge in [-0.15, -0.1) is 0 Å². The van der Waals surface area contributed by atoms with Crippen molar-refractivity contribution in [1.82, 2.24) is 9.55 Å². The SMILES string of the molecule is Cc1cn2c(n1)OCC(OC(=O)Nc1ccc(C(F)(F)F)cc1)C2. The summed E-state index contributed by atoms with van der Waals surface area (Å²) in [5.74, 6) is 0. The number of nitrogens with one attached hydrogen (secondary N) is 1. The van der Waals surface area contributed by atoms with Crippen LogP contribution >= 0.6 is 0 Å². The number of aryl methyl sites for hydroxylation is 1. The van der Waals surface area contributed by atoms with E-state index in [4.69, 9.17) is 9.47 Å². The second-order valence-electron chi connectivity index (χ2n) is 5.36. The molecule has 128 valence electrons. The zero-order chi connectivity index (χ0) is 17.3. The maximum absolute atomic E-state index is 12.5. The molecule has 0 saturated heterocycles. The van der Waals surface area contributed by atoms with Crippen molar-refractivity contribution in [3.8, 4) is 6.01 Å². The van der Waals surface area contributed by atoms with Crippen LogP contribution in [0.3, 0.4) is 0 Å². The predicted molar refractivity (Wildman–Crippen MR) is 77.8 cm³/mol. The second-order valence-corrected chi connectivity index (χ2v) is 5.36. The van der Waals surface area contributed by atoms with E-state index in [2.05, 4.69) is 10.3 Å². The number of benzene rings is 1. The van der Waals surface area contributed by atoms with Crippen molar-refractivity contribution in [2.24, 2.45) is 0 Å². The minimum absolute atomic E-state index is 0.164. The summed E-state index contributed by atoms with van der Waals surface area (Å²) >= 11 is 0. The Balaban J connectivity index is 1.56. The van der Waals surface area contributed by atoms with E-state index < -0.39 is 23.9 Å². The fourth-order valence-electron chi connectivity index (χ4n) is 2.32. The summed E-state index contributed by atoms with van der Waals surface area (Å²) in [5, 5.41) is 2.39. The molecule has 2 aromatic rings. The van der Waals surface area contributed by atoms with E-state index in [0.717, 1.165) is 17.8 Å². The molecule has 1 aliphatic rings. The predicted octanol–water partition coefficient (Wildman–Crippen LogP) is 3.22. The highest BCUT2D eigenvalue weighted by Gasteiger charge is 2.30. The molecule has 0 spiro atoms.